The molecule has 1 aromatic carbocycles. The highest BCUT2D eigenvalue weighted by Gasteiger charge is 2.35. The fourth-order valence-corrected chi connectivity index (χ4v) is 2.60. The Morgan fingerprint density at radius 1 is 1.35 bits per heavy atom. The molecule has 1 fully saturated rings. The van der Waals surface area contributed by atoms with Crippen LogP contribution in [0, 0.1) is 0 Å². The predicted octanol–water partition coefficient (Wildman–Crippen LogP) is 2.42. The molecule has 6 heteroatoms. The van der Waals surface area contributed by atoms with Gasteiger partial charge < -0.3 is 15.8 Å². The normalized spacial score (nSPS) is 17.1. The number of nitrogens with one attached hydrogen (secondary N) is 1. The number of nitrogens with two attached hydrogens (primary N) is 1. The van der Waals surface area contributed by atoms with Crippen molar-refractivity contribution in [2.24, 2.45) is 5.73 Å². The van der Waals surface area contributed by atoms with E-state index in [1.807, 2.05) is 24.3 Å². The number of amides is 1. The lowest BCUT2D eigenvalue weighted by atomic mass is 9.90. The summed E-state index contributed by atoms with van der Waals surface area (Å²) in [5, 5.41) is 2.90. The Balaban J connectivity index is 0.00000200. The number of carbonyl (C=O) groups excluding carboxylic acids is 1. The number of anilines is 1. The van der Waals surface area contributed by atoms with E-state index in [9.17, 15) is 4.79 Å². The Labute approximate surface area is 130 Å². The zero-order chi connectivity index (χ0) is 13.7. The minimum absolute atomic E-state index is 0. The molecule has 1 amide bonds. The first-order valence-corrected chi connectivity index (χ1v) is 7.79. The predicted molar refractivity (Wildman–Crippen MR) is 86.5 cm³/mol. The van der Waals surface area contributed by atoms with Crippen molar-refractivity contribution >= 4 is 35.8 Å². The summed E-state index contributed by atoms with van der Waals surface area (Å²) < 4.78 is 5.25. The van der Waals surface area contributed by atoms with Gasteiger partial charge in [0.05, 0.1) is 0 Å². The molecule has 0 aromatic heterocycles. The molecule has 1 heterocycles. The van der Waals surface area contributed by atoms with E-state index in [2.05, 4.69) is 11.6 Å². The van der Waals surface area contributed by atoms with Crippen molar-refractivity contribution < 1.29 is 9.53 Å². The van der Waals surface area contributed by atoms with Gasteiger partial charge in [0.15, 0.2) is 0 Å². The summed E-state index contributed by atoms with van der Waals surface area (Å²) in [6, 6.07) is 7.90. The summed E-state index contributed by atoms with van der Waals surface area (Å²) in [6.07, 6.45) is 3.21. The average Bonchev–Trinajstić information content (AvgIpc) is 2.42. The number of rotatable bonds is 4. The molecule has 1 aliphatic rings. The molecule has 4 nitrogen and oxygen atoms in total. The molecule has 0 radical (unpaired) electrons. The molecule has 3 N–H and O–H groups in total. The molecule has 112 valence electrons. The summed E-state index contributed by atoms with van der Waals surface area (Å²) in [7, 11) is 0. The molecule has 1 aromatic rings. The number of benzene rings is 1. The van der Waals surface area contributed by atoms with Crippen LogP contribution >= 0.6 is 24.2 Å². The third-order valence-electron chi connectivity index (χ3n) is 3.36. The fourth-order valence-electron chi connectivity index (χ4n) is 2.07. The first kappa shape index (κ1) is 17.3. The third-order valence-corrected chi connectivity index (χ3v) is 3.98. The number of ether oxygens (including phenoxy) is 1. The highest BCUT2D eigenvalue weighted by atomic mass is 35.5. The number of thioether (sulfide) groups is 1. The van der Waals surface area contributed by atoms with E-state index in [4.69, 9.17) is 10.5 Å². The van der Waals surface area contributed by atoms with Crippen LogP contribution in [-0.2, 0) is 15.3 Å². The fraction of sp³-hybridized carbons (Fsp3) is 0.500. The zero-order valence-corrected chi connectivity index (χ0v) is 13.2. The van der Waals surface area contributed by atoms with Gasteiger partial charge in [-0.2, -0.15) is 11.8 Å². The number of carbonyl (C=O) groups is 1. The third kappa shape index (κ3) is 4.38. The second-order valence-corrected chi connectivity index (χ2v) is 5.72. The van der Waals surface area contributed by atoms with Crippen LogP contribution in [0.1, 0.15) is 18.4 Å². The molecule has 0 aliphatic carbocycles. The van der Waals surface area contributed by atoms with Crippen molar-refractivity contribution in [3.8, 4) is 0 Å². The first-order valence-electron chi connectivity index (χ1n) is 6.40. The van der Waals surface area contributed by atoms with Crippen molar-refractivity contribution in [2.75, 3.05) is 24.8 Å². The molecule has 1 saturated heterocycles. The van der Waals surface area contributed by atoms with Gasteiger partial charge >= 0.3 is 0 Å². The van der Waals surface area contributed by atoms with E-state index in [-0.39, 0.29) is 18.3 Å². The molecule has 1 aliphatic heterocycles. The molecule has 2 rings (SSSR count). The molecule has 0 saturated carbocycles. The molecule has 0 unspecified atom stereocenters. The van der Waals surface area contributed by atoms with E-state index >= 15 is 0 Å². The Morgan fingerprint density at radius 3 is 2.50 bits per heavy atom. The summed E-state index contributed by atoms with van der Waals surface area (Å²) in [4.78, 5) is 12.2. The molecular formula is C14H21ClN2O2S. The Hall–Kier alpha value is -0.750. The van der Waals surface area contributed by atoms with E-state index < -0.39 is 5.54 Å². The van der Waals surface area contributed by atoms with Gasteiger partial charge in [0.2, 0.25) is 5.91 Å². The van der Waals surface area contributed by atoms with Gasteiger partial charge in [-0.3, -0.25) is 4.79 Å². The van der Waals surface area contributed by atoms with E-state index in [1.54, 1.807) is 11.8 Å². The van der Waals surface area contributed by atoms with Gasteiger partial charge in [-0.15, -0.1) is 12.4 Å². The Kier molecular flexibility index (Phi) is 6.82. The number of hydrogen-bond acceptors (Lipinski definition) is 4. The van der Waals surface area contributed by atoms with Crippen molar-refractivity contribution in [1.29, 1.82) is 0 Å². The van der Waals surface area contributed by atoms with Crippen LogP contribution in [0.2, 0.25) is 0 Å². The summed E-state index contributed by atoms with van der Waals surface area (Å²) in [6.45, 7) is 1.10. The summed E-state index contributed by atoms with van der Waals surface area (Å²) in [5.41, 5.74) is 7.38. The maximum atomic E-state index is 12.2. The summed E-state index contributed by atoms with van der Waals surface area (Å²) >= 11 is 1.78. The highest BCUT2D eigenvalue weighted by molar-refractivity contribution is 7.97. The quantitative estimate of drug-likeness (QED) is 0.895. The molecule has 20 heavy (non-hydrogen) atoms. The number of halogens is 1. The largest absolute Gasteiger partial charge is 0.381 e. The molecule has 0 bridgehead atoms. The van der Waals surface area contributed by atoms with Gasteiger partial charge in [0.1, 0.15) is 5.54 Å². The van der Waals surface area contributed by atoms with Gasteiger partial charge in [0, 0.05) is 24.7 Å². The van der Waals surface area contributed by atoms with Gasteiger partial charge in [-0.1, -0.05) is 12.1 Å². The zero-order valence-electron chi connectivity index (χ0n) is 11.6. The van der Waals surface area contributed by atoms with Crippen LogP contribution in [0.4, 0.5) is 5.69 Å². The smallest absolute Gasteiger partial charge is 0.244 e. The first-order chi connectivity index (χ1) is 9.14. The second-order valence-electron chi connectivity index (χ2n) is 4.85. The van der Waals surface area contributed by atoms with Gasteiger partial charge in [-0.25, -0.2) is 0 Å². The SMILES string of the molecule is CSCc1ccc(NC(=O)C2(N)CCOCC2)cc1.Cl. The molecule has 0 atom stereocenters. The van der Waals surface area contributed by atoms with E-state index in [0.717, 1.165) is 11.4 Å². The molecular weight excluding hydrogens is 296 g/mol. The van der Waals surface area contributed by atoms with Crippen molar-refractivity contribution in [3.05, 3.63) is 29.8 Å². The summed E-state index contributed by atoms with van der Waals surface area (Å²) in [5.74, 6) is 0.861. The Morgan fingerprint density at radius 2 is 1.95 bits per heavy atom. The van der Waals surface area contributed by atoms with Crippen molar-refractivity contribution in [3.63, 3.8) is 0 Å². The topological polar surface area (TPSA) is 64.4 Å². The average molecular weight is 317 g/mol. The maximum Gasteiger partial charge on any atom is 0.244 e. The van der Waals surface area contributed by atoms with Crippen LogP contribution in [0.3, 0.4) is 0 Å². The minimum atomic E-state index is -0.795. The van der Waals surface area contributed by atoms with Crippen LogP contribution < -0.4 is 11.1 Å². The maximum absolute atomic E-state index is 12.2. The minimum Gasteiger partial charge on any atom is -0.381 e. The van der Waals surface area contributed by atoms with E-state index in [1.165, 1.54) is 5.56 Å². The van der Waals surface area contributed by atoms with Crippen LogP contribution in [0.5, 0.6) is 0 Å². The van der Waals surface area contributed by atoms with Crippen molar-refractivity contribution in [2.45, 2.75) is 24.1 Å². The Bertz CT molecular complexity index is 433. The molecule has 0 spiro atoms. The van der Waals surface area contributed by atoms with Crippen LogP contribution in [-0.4, -0.2) is 30.9 Å². The lowest BCUT2D eigenvalue weighted by Gasteiger charge is -2.31. The number of hydrogen-bond donors (Lipinski definition) is 2. The van der Waals surface area contributed by atoms with Gasteiger partial charge in [-0.05, 0) is 36.8 Å². The standard InChI is InChI=1S/C14H20N2O2S.ClH/c1-19-10-11-2-4-12(5-3-11)16-13(17)14(15)6-8-18-9-7-14;/h2-5H,6-10,15H2,1H3,(H,16,17);1H. The van der Waals surface area contributed by atoms with Crippen LogP contribution in [0.15, 0.2) is 24.3 Å². The monoisotopic (exact) mass is 316 g/mol. The highest BCUT2D eigenvalue weighted by Crippen LogP contribution is 2.21. The lowest BCUT2D eigenvalue weighted by molar-refractivity contribution is -0.124. The van der Waals surface area contributed by atoms with Crippen molar-refractivity contribution in [1.82, 2.24) is 0 Å². The van der Waals surface area contributed by atoms with Gasteiger partial charge in [0.25, 0.3) is 0 Å². The van der Waals surface area contributed by atoms with Crippen LogP contribution in [0.25, 0.3) is 0 Å². The second kappa shape index (κ2) is 7.88. The lowest BCUT2D eigenvalue weighted by Crippen LogP contribution is -2.54. The van der Waals surface area contributed by atoms with E-state index in [0.29, 0.717) is 26.1 Å².